The van der Waals surface area contributed by atoms with Gasteiger partial charge in [-0.1, -0.05) is 23.7 Å². The molecule has 28 heavy (non-hydrogen) atoms. The molecule has 3 rings (SSSR count). The summed E-state index contributed by atoms with van der Waals surface area (Å²) < 4.78 is 30.5. The Morgan fingerprint density at radius 1 is 1.11 bits per heavy atom. The topological polar surface area (TPSA) is 76.6 Å². The van der Waals surface area contributed by atoms with Gasteiger partial charge in [-0.15, -0.1) is 11.3 Å². The Balaban J connectivity index is 1.64. The van der Waals surface area contributed by atoms with Crippen molar-refractivity contribution < 1.29 is 17.9 Å². The number of rotatable bonds is 6. The molecule has 146 valence electrons. The van der Waals surface area contributed by atoms with Crippen molar-refractivity contribution in [3.63, 3.8) is 0 Å². The third-order valence-electron chi connectivity index (χ3n) is 3.86. The maximum absolute atomic E-state index is 12.2. The van der Waals surface area contributed by atoms with E-state index in [1.165, 1.54) is 49.7 Å². The molecular weight excluding hydrogens is 420 g/mol. The molecule has 0 N–H and O–H groups in total. The second-order valence-electron chi connectivity index (χ2n) is 6.04. The summed E-state index contributed by atoms with van der Waals surface area (Å²) in [5.74, 6) is -0.546. The number of carbonyl (C=O) groups excluding carboxylic acids is 1. The first kappa shape index (κ1) is 20.5. The number of halogens is 1. The van der Waals surface area contributed by atoms with Gasteiger partial charge >= 0.3 is 5.97 Å². The van der Waals surface area contributed by atoms with Crippen molar-refractivity contribution in [3.8, 4) is 10.6 Å². The maximum Gasteiger partial charge on any atom is 0.338 e. The van der Waals surface area contributed by atoms with Crippen molar-refractivity contribution in [1.29, 1.82) is 0 Å². The van der Waals surface area contributed by atoms with E-state index in [1.54, 1.807) is 12.1 Å². The normalized spacial score (nSPS) is 11.6. The van der Waals surface area contributed by atoms with Crippen LogP contribution in [0.4, 0.5) is 0 Å². The molecule has 9 heteroatoms. The van der Waals surface area contributed by atoms with Crippen LogP contribution in [0.25, 0.3) is 10.6 Å². The highest BCUT2D eigenvalue weighted by atomic mass is 35.5. The fourth-order valence-corrected chi connectivity index (χ4v) is 4.13. The highest BCUT2D eigenvalue weighted by molar-refractivity contribution is 7.89. The van der Waals surface area contributed by atoms with E-state index in [4.69, 9.17) is 16.3 Å². The van der Waals surface area contributed by atoms with Gasteiger partial charge in [0.05, 0.1) is 16.2 Å². The number of benzene rings is 2. The summed E-state index contributed by atoms with van der Waals surface area (Å²) in [6.45, 7) is 0.0284. The highest BCUT2D eigenvalue weighted by Crippen LogP contribution is 2.25. The molecule has 0 unspecified atom stereocenters. The lowest BCUT2D eigenvalue weighted by Crippen LogP contribution is -2.22. The van der Waals surface area contributed by atoms with E-state index < -0.39 is 16.0 Å². The van der Waals surface area contributed by atoms with Gasteiger partial charge in [0.2, 0.25) is 10.0 Å². The third kappa shape index (κ3) is 4.59. The van der Waals surface area contributed by atoms with Crippen LogP contribution in [-0.2, 0) is 21.4 Å². The van der Waals surface area contributed by atoms with Crippen LogP contribution in [0.1, 0.15) is 16.1 Å². The van der Waals surface area contributed by atoms with Crippen LogP contribution in [0, 0.1) is 0 Å². The largest absolute Gasteiger partial charge is 0.456 e. The highest BCUT2D eigenvalue weighted by Gasteiger charge is 2.18. The number of hydrogen-bond donors (Lipinski definition) is 0. The summed E-state index contributed by atoms with van der Waals surface area (Å²) in [5, 5.41) is 3.28. The first-order valence-corrected chi connectivity index (χ1v) is 10.9. The fraction of sp³-hybridized carbons (Fsp3) is 0.158. The second kappa shape index (κ2) is 8.40. The number of aromatic nitrogens is 1. The number of thiazole rings is 1. The van der Waals surface area contributed by atoms with Crippen molar-refractivity contribution in [1.82, 2.24) is 9.29 Å². The molecule has 0 spiro atoms. The molecule has 6 nitrogen and oxygen atoms in total. The maximum atomic E-state index is 12.2. The molecule has 0 saturated carbocycles. The Bertz CT molecular complexity index is 1080. The standard InChI is InChI=1S/C19H17ClN2O4S2/c1-22(2)28(24,25)17-9-5-14(6-10-17)19(23)26-11-16-12-27-18(21-16)13-3-7-15(20)8-4-13/h3-10,12H,11H2,1-2H3. The second-order valence-corrected chi connectivity index (χ2v) is 9.49. The predicted molar refractivity (Wildman–Crippen MR) is 109 cm³/mol. The van der Waals surface area contributed by atoms with Crippen molar-refractivity contribution in [2.24, 2.45) is 0 Å². The van der Waals surface area contributed by atoms with Crippen molar-refractivity contribution in [2.75, 3.05) is 14.1 Å². The van der Waals surface area contributed by atoms with E-state index in [0.717, 1.165) is 14.9 Å². The average molecular weight is 437 g/mol. The van der Waals surface area contributed by atoms with Gasteiger partial charge in [0.15, 0.2) is 0 Å². The van der Waals surface area contributed by atoms with Gasteiger partial charge in [-0.3, -0.25) is 0 Å². The van der Waals surface area contributed by atoms with Crippen molar-refractivity contribution >= 4 is 38.9 Å². The summed E-state index contributed by atoms with van der Waals surface area (Å²) >= 11 is 7.33. The summed E-state index contributed by atoms with van der Waals surface area (Å²) in [6.07, 6.45) is 0. The third-order valence-corrected chi connectivity index (χ3v) is 6.88. The van der Waals surface area contributed by atoms with Gasteiger partial charge in [-0.05, 0) is 36.4 Å². The summed E-state index contributed by atoms with van der Waals surface area (Å²) in [4.78, 5) is 16.8. The van der Waals surface area contributed by atoms with Gasteiger partial charge in [0.1, 0.15) is 11.6 Å². The zero-order valence-corrected chi connectivity index (χ0v) is 17.5. The lowest BCUT2D eigenvalue weighted by molar-refractivity contribution is 0.0468. The molecule has 0 bridgehead atoms. The number of esters is 1. The predicted octanol–water partition coefficient (Wildman–Crippen LogP) is 4.07. The van der Waals surface area contributed by atoms with Gasteiger partial charge < -0.3 is 4.74 Å². The lowest BCUT2D eigenvalue weighted by Gasteiger charge is -2.11. The zero-order valence-electron chi connectivity index (χ0n) is 15.1. The summed E-state index contributed by atoms with van der Waals surface area (Å²) in [6, 6.07) is 13.0. The number of sulfonamides is 1. The summed E-state index contributed by atoms with van der Waals surface area (Å²) in [5.41, 5.74) is 1.84. The van der Waals surface area contributed by atoms with Crippen LogP contribution >= 0.6 is 22.9 Å². The van der Waals surface area contributed by atoms with Crippen LogP contribution in [-0.4, -0.2) is 37.8 Å². The first-order valence-electron chi connectivity index (χ1n) is 8.17. The molecule has 0 aliphatic rings. The Kier molecular flexibility index (Phi) is 6.14. The molecule has 0 amide bonds. The Hall–Kier alpha value is -2.26. The molecule has 1 aromatic heterocycles. The monoisotopic (exact) mass is 436 g/mol. The van der Waals surface area contributed by atoms with E-state index in [0.29, 0.717) is 10.7 Å². The molecule has 2 aromatic carbocycles. The van der Waals surface area contributed by atoms with Crippen LogP contribution in [0.2, 0.25) is 5.02 Å². The SMILES string of the molecule is CN(C)S(=O)(=O)c1ccc(C(=O)OCc2csc(-c3ccc(Cl)cc3)n2)cc1. The van der Waals surface area contributed by atoms with Gasteiger partial charge in [-0.25, -0.2) is 22.5 Å². The molecular formula is C19H17ClN2O4S2. The smallest absolute Gasteiger partial charge is 0.338 e. The van der Waals surface area contributed by atoms with Gasteiger partial charge in [-0.2, -0.15) is 0 Å². The van der Waals surface area contributed by atoms with E-state index in [1.807, 2.05) is 17.5 Å². The van der Waals surface area contributed by atoms with Crippen LogP contribution in [0.15, 0.2) is 58.8 Å². The average Bonchev–Trinajstić information content (AvgIpc) is 3.15. The molecule has 0 radical (unpaired) electrons. The van der Waals surface area contributed by atoms with E-state index in [-0.39, 0.29) is 17.1 Å². The molecule has 3 aromatic rings. The number of ether oxygens (including phenoxy) is 1. The van der Waals surface area contributed by atoms with Crippen LogP contribution in [0.5, 0.6) is 0 Å². The van der Waals surface area contributed by atoms with Crippen molar-refractivity contribution in [3.05, 3.63) is 70.2 Å². The quantitative estimate of drug-likeness (QED) is 0.544. The lowest BCUT2D eigenvalue weighted by atomic mass is 10.2. The van der Waals surface area contributed by atoms with Crippen LogP contribution in [0.3, 0.4) is 0 Å². The minimum absolute atomic E-state index is 0.0284. The molecule has 1 heterocycles. The number of nitrogens with zero attached hydrogens (tertiary/aromatic N) is 2. The molecule has 0 aliphatic carbocycles. The first-order chi connectivity index (χ1) is 13.3. The number of hydrogen-bond acceptors (Lipinski definition) is 6. The molecule has 0 aliphatic heterocycles. The van der Waals surface area contributed by atoms with E-state index in [9.17, 15) is 13.2 Å². The summed E-state index contributed by atoms with van der Waals surface area (Å²) in [7, 11) is -0.640. The zero-order chi connectivity index (χ0) is 20.3. The van der Waals surface area contributed by atoms with Crippen LogP contribution < -0.4 is 0 Å². The van der Waals surface area contributed by atoms with E-state index >= 15 is 0 Å². The molecule has 0 saturated heterocycles. The molecule has 0 atom stereocenters. The minimum atomic E-state index is -3.54. The Morgan fingerprint density at radius 2 is 1.75 bits per heavy atom. The van der Waals surface area contributed by atoms with Gasteiger partial charge in [0, 0.05) is 30.1 Å². The minimum Gasteiger partial charge on any atom is -0.456 e. The van der Waals surface area contributed by atoms with Crippen molar-refractivity contribution in [2.45, 2.75) is 11.5 Å². The molecule has 0 fully saturated rings. The number of carbonyl (C=O) groups is 1. The Labute approximate surface area is 172 Å². The van der Waals surface area contributed by atoms with E-state index in [2.05, 4.69) is 4.98 Å². The van der Waals surface area contributed by atoms with Gasteiger partial charge in [0.25, 0.3) is 0 Å². The Morgan fingerprint density at radius 3 is 2.36 bits per heavy atom. The fourth-order valence-electron chi connectivity index (χ4n) is 2.29.